The Morgan fingerprint density at radius 2 is 1.60 bits per heavy atom. The number of halogens is 3. The quantitative estimate of drug-likeness (QED) is 0.230. The van der Waals surface area contributed by atoms with Crippen LogP contribution in [-0.4, -0.2) is 9.55 Å². The molecule has 1 aromatic heterocycles. The van der Waals surface area contributed by atoms with Crippen molar-refractivity contribution < 1.29 is 0 Å². The zero-order chi connectivity index (χ0) is 21.8. The third-order valence-corrected chi connectivity index (χ3v) is 7.65. The van der Waals surface area contributed by atoms with Crippen LogP contribution < -0.4 is 0 Å². The predicted octanol–water partition coefficient (Wildman–Crippen LogP) is 8.79. The largest absolute Gasteiger partial charge is 0.291 e. The summed E-state index contributed by atoms with van der Waals surface area (Å²) in [7, 11) is 0. The molecule has 2 nitrogen and oxygen atoms in total. The highest BCUT2D eigenvalue weighted by molar-refractivity contribution is 9.13. The molecule has 0 spiro atoms. The van der Waals surface area contributed by atoms with Crippen LogP contribution in [0.1, 0.15) is 37.5 Å². The lowest BCUT2D eigenvalue weighted by molar-refractivity contribution is 0.591. The molecule has 1 heterocycles. The van der Waals surface area contributed by atoms with E-state index in [1.54, 1.807) is 0 Å². The Bertz CT molecular complexity index is 1260. The average Bonchev–Trinajstić information content (AvgIpc) is 3.02. The van der Waals surface area contributed by atoms with Crippen molar-refractivity contribution in [1.82, 2.24) is 9.55 Å². The van der Waals surface area contributed by atoms with Crippen LogP contribution in [0, 0.1) is 13.8 Å². The molecule has 0 aliphatic heterocycles. The summed E-state index contributed by atoms with van der Waals surface area (Å²) in [6.45, 7) is 10.9. The maximum Gasteiger partial charge on any atom is 0.146 e. The van der Waals surface area contributed by atoms with Crippen molar-refractivity contribution >= 4 is 54.5 Å². The van der Waals surface area contributed by atoms with Crippen molar-refractivity contribution in [3.63, 3.8) is 0 Å². The second-order valence-corrected chi connectivity index (χ2v) is 10.8. The minimum atomic E-state index is 0.0520. The molecule has 0 radical (unpaired) electrons. The Labute approximate surface area is 199 Å². The van der Waals surface area contributed by atoms with Crippen LogP contribution in [-0.2, 0) is 5.41 Å². The number of hydrogen-bond acceptors (Lipinski definition) is 1. The highest BCUT2D eigenvalue weighted by Crippen LogP contribution is 2.39. The summed E-state index contributed by atoms with van der Waals surface area (Å²) in [5.41, 5.74) is 7.83. The van der Waals surface area contributed by atoms with E-state index in [0.717, 1.165) is 37.1 Å². The fourth-order valence-electron chi connectivity index (χ4n) is 3.83. The Morgan fingerprint density at radius 3 is 2.23 bits per heavy atom. The van der Waals surface area contributed by atoms with Crippen molar-refractivity contribution in [2.24, 2.45) is 0 Å². The smallest absolute Gasteiger partial charge is 0.146 e. The first-order chi connectivity index (χ1) is 14.1. The van der Waals surface area contributed by atoms with Crippen LogP contribution >= 0.6 is 43.5 Å². The van der Waals surface area contributed by atoms with Gasteiger partial charge >= 0.3 is 0 Å². The Kier molecular flexibility index (Phi) is 5.63. The van der Waals surface area contributed by atoms with E-state index in [0.29, 0.717) is 5.02 Å². The lowest BCUT2D eigenvalue weighted by Gasteiger charge is -2.19. The van der Waals surface area contributed by atoms with Crippen LogP contribution in [0.15, 0.2) is 57.5 Å². The van der Waals surface area contributed by atoms with Gasteiger partial charge in [0, 0.05) is 15.1 Å². The second kappa shape index (κ2) is 7.81. The molecule has 0 N–H and O–H groups in total. The number of hydrogen-bond donors (Lipinski definition) is 0. The molecule has 0 fully saturated rings. The summed E-state index contributed by atoms with van der Waals surface area (Å²) >= 11 is 13.8. The minimum absolute atomic E-state index is 0.0520. The molecule has 0 aliphatic carbocycles. The molecular formula is C25H23Br2ClN2. The van der Waals surface area contributed by atoms with Crippen molar-refractivity contribution in [3.05, 3.63) is 79.2 Å². The lowest BCUT2D eigenvalue weighted by atomic mass is 9.87. The van der Waals surface area contributed by atoms with Crippen LogP contribution in [0.3, 0.4) is 0 Å². The standard InChI is InChI=1S/C25H23Br2ClN2/c1-14-7-6-8-15(2)22(14)24-29-19-11-16(25(3,4)5)9-10-20(19)30(24)21-13-17(28)12-18(26)23(21)27/h6-13H,1-5H3. The van der Waals surface area contributed by atoms with Crippen molar-refractivity contribution in [3.8, 4) is 17.1 Å². The van der Waals surface area contributed by atoms with Gasteiger partial charge in [0.05, 0.1) is 21.2 Å². The molecule has 0 unspecified atom stereocenters. The number of fused-ring (bicyclic) bond motifs is 1. The van der Waals surface area contributed by atoms with E-state index in [2.05, 4.69) is 107 Å². The molecule has 0 amide bonds. The van der Waals surface area contributed by atoms with E-state index in [1.165, 1.54) is 16.7 Å². The number of benzene rings is 3. The van der Waals surface area contributed by atoms with Crippen molar-refractivity contribution in [2.45, 2.75) is 40.0 Å². The van der Waals surface area contributed by atoms with Gasteiger partial charge in [-0.2, -0.15) is 0 Å². The lowest BCUT2D eigenvalue weighted by Crippen LogP contribution is -2.10. The summed E-state index contributed by atoms with van der Waals surface area (Å²) < 4.78 is 4.06. The molecule has 4 rings (SSSR count). The van der Waals surface area contributed by atoms with E-state index in [4.69, 9.17) is 16.6 Å². The first kappa shape index (κ1) is 21.6. The molecule has 30 heavy (non-hydrogen) atoms. The van der Waals surface area contributed by atoms with Gasteiger partial charge in [0.25, 0.3) is 0 Å². The zero-order valence-corrected chi connectivity index (χ0v) is 21.6. The Hall–Kier alpha value is -1.62. The predicted molar refractivity (Wildman–Crippen MR) is 135 cm³/mol. The van der Waals surface area contributed by atoms with E-state index in [1.807, 2.05) is 12.1 Å². The molecule has 154 valence electrons. The summed E-state index contributed by atoms with van der Waals surface area (Å²) in [4.78, 5) is 5.14. The summed E-state index contributed by atoms with van der Waals surface area (Å²) in [5, 5.41) is 0.667. The molecule has 3 aromatic carbocycles. The van der Waals surface area contributed by atoms with E-state index in [-0.39, 0.29) is 5.41 Å². The van der Waals surface area contributed by atoms with Gasteiger partial charge in [0.1, 0.15) is 5.82 Å². The SMILES string of the molecule is Cc1cccc(C)c1-c1nc2cc(C(C)(C)C)ccc2n1-c1cc(Cl)cc(Br)c1Br. The monoisotopic (exact) mass is 544 g/mol. The molecule has 4 aromatic rings. The molecule has 0 bridgehead atoms. The van der Waals surface area contributed by atoms with Gasteiger partial charge < -0.3 is 0 Å². The van der Waals surface area contributed by atoms with E-state index < -0.39 is 0 Å². The molecule has 0 aliphatic rings. The fraction of sp³-hybridized carbons (Fsp3) is 0.240. The third-order valence-electron chi connectivity index (χ3n) is 5.44. The van der Waals surface area contributed by atoms with Crippen LogP contribution in [0.25, 0.3) is 28.1 Å². The summed E-state index contributed by atoms with van der Waals surface area (Å²) in [5.74, 6) is 0.918. The van der Waals surface area contributed by atoms with Crippen LogP contribution in [0.2, 0.25) is 5.02 Å². The number of aromatic nitrogens is 2. The highest BCUT2D eigenvalue weighted by atomic mass is 79.9. The molecule has 0 saturated heterocycles. The molecular weight excluding hydrogens is 524 g/mol. The Balaban J connectivity index is 2.14. The summed E-state index contributed by atoms with van der Waals surface area (Å²) in [6, 6.07) is 16.8. The van der Waals surface area contributed by atoms with Gasteiger partial charge in [-0.05, 0) is 92.1 Å². The van der Waals surface area contributed by atoms with Gasteiger partial charge in [-0.3, -0.25) is 4.57 Å². The first-order valence-electron chi connectivity index (χ1n) is 9.82. The Morgan fingerprint density at radius 1 is 0.933 bits per heavy atom. The van der Waals surface area contributed by atoms with E-state index >= 15 is 0 Å². The van der Waals surface area contributed by atoms with Gasteiger partial charge in [-0.25, -0.2) is 4.98 Å². The first-order valence-corrected chi connectivity index (χ1v) is 11.8. The highest BCUT2D eigenvalue weighted by Gasteiger charge is 2.22. The van der Waals surface area contributed by atoms with Gasteiger partial charge in [0.2, 0.25) is 0 Å². The van der Waals surface area contributed by atoms with Crippen molar-refractivity contribution in [2.75, 3.05) is 0 Å². The van der Waals surface area contributed by atoms with Crippen LogP contribution in [0.4, 0.5) is 0 Å². The zero-order valence-electron chi connectivity index (χ0n) is 17.6. The number of aryl methyl sites for hydroxylation is 2. The normalized spacial score (nSPS) is 12.0. The maximum atomic E-state index is 6.45. The third kappa shape index (κ3) is 3.74. The van der Waals surface area contributed by atoms with Crippen molar-refractivity contribution in [1.29, 1.82) is 0 Å². The molecule has 0 saturated carbocycles. The maximum absolute atomic E-state index is 6.45. The van der Waals surface area contributed by atoms with Gasteiger partial charge in [-0.15, -0.1) is 0 Å². The van der Waals surface area contributed by atoms with Gasteiger partial charge in [-0.1, -0.05) is 56.6 Å². The number of rotatable bonds is 2. The average molecular weight is 547 g/mol. The minimum Gasteiger partial charge on any atom is -0.291 e. The van der Waals surface area contributed by atoms with Gasteiger partial charge in [0.15, 0.2) is 0 Å². The number of nitrogens with zero attached hydrogens (tertiary/aromatic N) is 2. The number of imidazole rings is 1. The molecule has 0 atom stereocenters. The summed E-state index contributed by atoms with van der Waals surface area (Å²) in [6.07, 6.45) is 0. The van der Waals surface area contributed by atoms with E-state index in [9.17, 15) is 0 Å². The fourth-order valence-corrected chi connectivity index (χ4v) is 5.03. The molecule has 5 heteroatoms. The second-order valence-electron chi connectivity index (χ2n) is 8.71. The topological polar surface area (TPSA) is 17.8 Å². The van der Waals surface area contributed by atoms with Crippen LogP contribution in [0.5, 0.6) is 0 Å².